The molecule has 0 radical (unpaired) electrons. The van der Waals surface area contributed by atoms with E-state index in [4.69, 9.17) is 15.0 Å². The Morgan fingerprint density at radius 3 is 2.57 bits per heavy atom. The van der Waals surface area contributed by atoms with Gasteiger partial charge in [0.15, 0.2) is 0 Å². The van der Waals surface area contributed by atoms with Crippen LogP contribution < -0.4 is 5.73 Å². The third-order valence-electron chi connectivity index (χ3n) is 6.63. The van der Waals surface area contributed by atoms with Gasteiger partial charge in [-0.05, 0) is 49.0 Å². The van der Waals surface area contributed by atoms with Gasteiger partial charge in [0.1, 0.15) is 0 Å². The minimum atomic E-state index is -0.273. The molecule has 0 aromatic heterocycles. The van der Waals surface area contributed by atoms with Crippen LogP contribution >= 0.6 is 12.4 Å². The molecule has 3 saturated carbocycles. The average molecular weight is 336 g/mol. The number of hydrogen-bond donors (Lipinski definition) is 1. The zero-order valence-corrected chi connectivity index (χ0v) is 15.0. The Kier molecular flexibility index (Phi) is 4.33. The molecule has 4 aliphatic rings. The lowest BCUT2D eigenvalue weighted by Gasteiger charge is -2.64. The Balaban J connectivity index is 0.00000156. The number of halogens is 1. The van der Waals surface area contributed by atoms with Crippen LogP contribution in [0, 0.1) is 17.3 Å². The second-order valence-corrected chi connectivity index (χ2v) is 8.19. The average Bonchev–Trinajstić information content (AvgIpc) is 2.85. The largest absolute Gasteiger partial charge is 0.475 e. The monoisotopic (exact) mass is 335 g/mol. The molecule has 0 spiro atoms. The number of hydrogen-bond acceptors (Lipinski definition) is 3. The van der Waals surface area contributed by atoms with E-state index in [0.29, 0.717) is 11.3 Å². The molecule has 5 atom stereocenters. The molecule has 4 fully saturated rings. The first-order valence-corrected chi connectivity index (χ1v) is 8.54. The van der Waals surface area contributed by atoms with Crippen molar-refractivity contribution in [2.45, 2.75) is 57.7 Å². The number of nitrogens with two attached hydrogens (primary N) is 1. The van der Waals surface area contributed by atoms with Crippen LogP contribution in [-0.4, -0.2) is 24.8 Å². The van der Waals surface area contributed by atoms with Crippen molar-refractivity contribution in [3.05, 3.63) is 35.9 Å². The maximum atomic E-state index is 6.43. The third kappa shape index (κ3) is 2.55. The van der Waals surface area contributed by atoms with E-state index in [0.717, 1.165) is 18.8 Å². The van der Waals surface area contributed by atoms with Crippen molar-refractivity contribution in [2.24, 2.45) is 23.0 Å². The summed E-state index contributed by atoms with van der Waals surface area (Å²) in [5.74, 6) is 1.27. The highest BCUT2D eigenvalue weighted by Gasteiger charge is 2.68. The predicted octanol–water partition coefficient (Wildman–Crippen LogP) is 3.25. The first-order valence-electron chi connectivity index (χ1n) is 8.54. The molecular weight excluding hydrogens is 308 g/mol. The fourth-order valence-electron chi connectivity index (χ4n) is 5.06. The maximum Gasteiger partial charge on any atom is 0.475 e. The van der Waals surface area contributed by atoms with Gasteiger partial charge in [-0.15, -0.1) is 12.4 Å². The molecule has 1 aromatic carbocycles. The summed E-state index contributed by atoms with van der Waals surface area (Å²) in [5.41, 5.74) is 7.87. The van der Waals surface area contributed by atoms with E-state index in [2.05, 4.69) is 45.0 Å². The summed E-state index contributed by atoms with van der Waals surface area (Å²) < 4.78 is 12.7. The molecule has 1 saturated heterocycles. The van der Waals surface area contributed by atoms with Crippen LogP contribution in [0.15, 0.2) is 30.3 Å². The lowest BCUT2D eigenvalue weighted by Crippen LogP contribution is -2.65. The summed E-state index contributed by atoms with van der Waals surface area (Å²) in [7, 11) is -0.273. The number of rotatable bonds is 3. The summed E-state index contributed by atoms with van der Waals surface area (Å²) in [6, 6.07) is 10.4. The summed E-state index contributed by atoms with van der Waals surface area (Å²) in [4.78, 5) is 0. The van der Waals surface area contributed by atoms with E-state index in [1.807, 2.05) is 6.07 Å². The summed E-state index contributed by atoms with van der Waals surface area (Å²) in [6.45, 7) is 7.01. The molecule has 1 aliphatic heterocycles. The summed E-state index contributed by atoms with van der Waals surface area (Å²) in [6.07, 6.45) is 3.42. The SMILES string of the molecule is CC1(C)[C@@H]2C[C@H]1[C@]1(C)OB([C@@H](N)Cc3ccccc3)O[C@@H]1C2.Cl. The van der Waals surface area contributed by atoms with Crippen LogP contribution in [0.2, 0.25) is 0 Å². The van der Waals surface area contributed by atoms with E-state index in [1.165, 1.54) is 12.0 Å². The van der Waals surface area contributed by atoms with Crippen molar-refractivity contribution in [1.82, 2.24) is 0 Å². The van der Waals surface area contributed by atoms with Crippen molar-refractivity contribution in [3.8, 4) is 0 Å². The highest BCUT2D eigenvalue weighted by molar-refractivity contribution is 6.47. The van der Waals surface area contributed by atoms with Gasteiger partial charge in [0.05, 0.1) is 11.7 Å². The van der Waals surface area contributed by atoms with Gasteiger partial charge >= 0.3 is 7.12 Å². The van der Waals surface area contributed by atoms with Crippen LogP contribution in [0.1, 0.15) is 39.2 Å². The third-order valence-corrected chi connectivity index (χ3v) is 6.63. The summed E-state index contributed by atoms with van der Waals surface area (Å²) in [5, 5.41) is 0. The van der Waals surface area contributed by atoms with Crippen molar-refractivity contribution in [1.29, 1.82) is 0 Å². The minimum Gasteiger partial charge on any atom is -0.404 e. The zero-order chi connectivity index (χ0) is 15.5. The van der Waals surface area contributed by atoms with Gasteiger partial charge in [0.2, 0.25) is 0 Å². The molecule has 5 heteroatoms. The second kappa shape index (κ2) is 5.77. The van der Waals surface area contributed by atoms with Gasteiger partial charge in [-0.1, -0.05) is 44.2 Å². The Hall–Kier alpha value is -0.545. The standard InChI is InChI=1S/C18H26BNO2.ClH/c1-17(2)13-10-14(17)18(3)15(11-13)21-19(22-18)16(20)9-12-7-5-4-6-8-12;/h4-8,13-16H,9-11,20H2,1-3H3;1H/t13-,14-,15-,16+,18+;/m1./s1. The minimum absolute atomic E-state index is 0. The molecule has 1 aromatic rings. The zero-order valence-electron chi connectivity index (χ0n) is 14.2. The normalized spacial score (nSPS) is 38.3. The van der Waals surface area contributed by atoms with Crippen molar-refractivity contribution >= 4 is 19.5 Å². The van der Waals surface area contributed by atoms with E-state index in [9.17, 15) is 0 Å². The van der Waals surface area contributed by atoms with Gasteiger partial charge in [0, 0.05) is 5.94 Å². The van der Waals surface area contributed by atoms with E-state index < -0.39 is 0 Å². The van der Waals surface area contributed by atoms with Crippen LogP contribution in [-0.2, 0) is 15.7 Å². The van der Waals surface area contributed by atoms with Gasteiger partial charge in [-0.2, -0.15) is 0 Å². The fraction of sp³-hybridized carbons (Fsp3) is 0.667. The van der Waals surface area contributed by atoms with Gasteiger partial charge in [-0.25, -0.2) is 0 Å². The molecule has 2 bridgehead atoms. The molecule has 0 amide bonds. The van der Waals surface area contributed by atoms with E-state index in [-0.39, 0.29) is 37.2 Å². The Bertz CT molecular complexity index is 569. The Morgan fingerprint density at radius 2 is 1.91 bits per heavy atom. The Morgan fingerprint density at radius 1 is 1.22 bits per heavy atom. The summed E-state index contributed by atoms with van der Waals surface area (Å²) >= 11 is 0. The lowest BCUT2D eigenvalue weighted by molar-refractivity contribution is -0.199. The quantitative estimate of drug-likeness (QED) is 0.862. The molecule has 3 nitrogen and oxygen atoms in total. The molecular formula is C18H27BClNO2. The van der Waals surface area contributed by atoms with Crippen LogP contribution in [0.3, 0.4) is 0 Å². The molecule has 23 heavy (non-hydrogen) atoms. The topological polar surface area (TPSA) is 44.5 Å². The molecule has 126 valence electrons. The molecule has 5 rings (SSSR count). The van der Waals surface area contributed by atoms with E-state index in [1.54, 1.807) is 0 Å². The van der Waals surface area contributed by atoms with Crippen LogP contribution in [0.25, 0.3) is 0 Å². The first kappa shape index (κ1) is 17.3. The van der Waals surface area contributed by atoms with Gasteiger partial charge < -0.3 is 15.0 Å². The first-order chi connectivity index (χ1) is 10.4. The molecule has 2 N–H and O–H groups in total. The fourth-order valence-corrected chi connectivity index (χ4v) is 5.06. The molecule has 3 aliphatic carbocycles. The maximum absolute atomic E-state index is 6.43. The molecule has 0 unspecified atom stereocenters. The van der Waals surface area contributed by atoms with Crippen molar-refractivity contribution in [3.63, 3.8) is 0 Å². The predicted molar refractivity (Wildman–Crippen MR) is 95.5 cm³/mol. The van der Waals surface area contributed by atoms with Gasteiger partial charge in [0.25, 0.3) is 0 Å². The Labute approximate surface area is 145 Å². The van der Waals surface area contributed by atoms with E-state index >= 15 is 0 Å². The second-order valence-electron chi connectivity index (χ2n) is 8.19. The van der Waals surface area contributed by atoms with Crippen molar-refractivity contribution in [2.75, 3.05) is 0 Å². The van der Waals surface area contributed by atoms with Crippen molar-refractivity contribution < 1.29 is 9.31 Å². The lowest BCUT2D eigenvalue weighted by atomic mass is 9.43. The molecule has 1 heterocycles. The van der Waals surface area contributed by atoms with Crippen LogP contribution in [0.5, 0.6) is 0 Å². The highest BCUT2D eigenvalue weighted by Crippen LogP contribution is 2.65. The van der Waals surface area contributed by atoms with Gasteiger partial charge in [-0.3, -0.25) is 0 Å². The highest BCUT2D eigenvalue weighted by atomic mass is 35.5. The number of benzene rings is 1. The smallest absolute Gasteiger partial charge is 0.404 e. The van der Waals surface area contributed by atoms with Crippen LogP contribution in [0.4, 0.5) is 0 Å².